The number of carbonyl (C=O) groups is 1. The lowest BCUT2D eigenvalue weighted by molar-refractivity contribution is -0.120. The second-order valence-electron chi connectivity index (χ2n) is 11.2. The molecule has 0 fully saturated rings. The van der Waals surface area contributed by atoms with Crippen molar-refractivity contribution in [3.63, 3.8) is 0 Å². The van der Waals surface area contributed by atoms with E-state index in [1.165, 1.54) is 0 Å². The number of carbonyl (C=O) groups excluding carboxylic acids is 1. The number of alkyl halides is 1. The van der Waals surface area contributed by atoms with Gasteiger partial charge in [-0.1, -0.05) is 106 Å². The Morgan fingerprint density at radius 3 is 2.12 bits per heavy atom. The zero-order chi connectivity index (χ0) is 24.9. The molecule has 1 heterocycles. The Balaban J connectivity index is 2.14. The Bertz CT molecular complexity index is 1240. The molecular weight excluding hydrogens is 486 g/mol. The van der Waals surface area contributed by atoms with E-state index in [-0.39, 0.29) is 22.5 Å². The number of aromatic hydroxyl groups is 1. The highest BCUT2D eigenvalue weighted by Gasteiger charge is 2.54. The number of hydrogen-bond donors (Lipinski definition) is 1. The van der Waals surface area contributed by atoms with Gasteiger partial charge in [-0.3, -0.25) is 4.79 Å². The van der Waals surface area contributed by atoms with E-state index in [1.54, 1.807) is 6.07 Å². The van der Waals surface area contributed by atoms with Gasteiger partial charge in [0, 0.05) is 28.7 Å². The van der Waals surface area contributed by atoms with Crippen molar-refractivity contribution in [2.24, 2.45) is 0 Å². The van der Waals surface area contributed by atoms with Gasteiger partial charge >= 0.3 is 0 Å². The molecule has 1 aliphatic heterocycles. The summed E-state index contributed by atoms with van der Waals surface area (Å²) in [5, 5.41) is 12.0. The lowest BCUT2D eigenvalue weighted by atomic mass is 9.67. The van der Waals surface area contributed by atoms with Crippen LogP contribution in [0.25, 0.3) is 0 Å². The number of para-hydroxylation sites is 1. The summed E-state index contributed by atoms with van der Waals surface area (Å²) in [7, 11) is 0. The third-order valence-electron chi connectivity index (χ3n) is 6.90. The van der Waals surface area contributed by atoms with Gasteiger partial charge < -0.3 is 10.0 Å². The highest BCUT2D eigenvalue weighted by atomic mass is 79.9. The summed E-state index contributed by atoms with van der Waals surface area (Å²) < 4.78 is 0. The number of amides is 1. The van der Waals surface area contributed by atoms with Crippen molar-refractivity contribution in [2.45, 2.75) is 57.8 Å². The predicted molar refractivity (Wildman–Crippen MR) is 144 cm³/mol. The van der Waals surface area contributed by atoms with E-state index in [0.29, 0.717) is 17.4 Å². The maximum atomic E-state index is 14.5. The highest BCUT2D eigenvalue weighted by molar-refractivity contribution is 9.09. The molecule has 0 spiro atoms. The van der Waals surface area contributed by atoms with E-state index in [2.05, 4.69) is 69.6 Å². The Morgan fingerprint density at radius 1 is 0.824 bits per heavy atom. The Kier molecular flexibility index (Phi) is 6.18. The maximum absolute atomic E-state index is 14.5. The molecule has 1 N–H and O–H groups in total. The first-order valence-electron chi connectivity index (χ1n) is 11.8. The zero-order valence-corrected chi connectivity index (χ0v) is 22.5. The summed E-state index contributed by atoms with van der Waals surface area (Å²) in [5.74, 6) is 0.110. The summed E-state index contributed by atoms with van der Waals surface area (Å²) in [5.41, 5.74) is 4.22. The molecule has 1 aliphatic rings. The smallest absolute Gasteiger partial charge is 0.246 e. The SMILES string of the molecule is CC(C)(C)c1cccc(C2(c3cc(C(C)(C)C)ccc3O)C(=O)N(CCBr)c3ccccc32)c1. The number of halogens is 1. The molecule has 0 aliphatic carbocycles. The molecule has 3 aromatic carbocycles. The number of phenols is 1. The van der Waals surface area contributed by atoms with Crippen LogP contribution in [0, 0.1) is 0 Å². The van der Waals surface area contributed by atoms with Crippen LogP contribution in [0.15, 0.2) is 66.7 Å². The first kappa shape index (κ1) is 24.5. The minimum absolute atomic E-state index is 0.0273. The van der Waals surface area contributed by atoms with Crippen LogP contribution in [0.1, 0.15) is 69.4 Å². The van der Waals surface area contributed by atoms with Gasteiger partial charge in [0.1, 0.15) is 11.2 Å². The third-order valence-corrected chi connectivity index (χ3v) is 7.26. The van der Waals surface area contributed by atoms with Crippen molar-refractivity contribution in [1.29, 1.82) is 0 Å². The fraction of sp³-hybridized carbons (Fsp3) is 0.367. The Hall–Kier alpha value is -2.59. The summed E-state index contributed by atoms with van der Waals surface area (Å²) in [6, 6.07) is 22.1. The van der Waals surface area contributed by atoms with E-state index in [9.17, 15) is 9.90 Å². The molecule has 3 nitrogen and oxygen atoms in total. The van der Waals surface area contributed by atoms with E-state index in [4.69, 9.17) is 0 Å². The molecule has 0 aromatic heterocycles. The first-order valence-corrected chi connectivity index (χ1v) is 13.0. The number of benzene rings is 3. The highest BCUT2D eigenvalue weighted by Crippen LogP contribution is 2.53. The minimum atomic E-state index is -1.13. The quantitative estimate of drug-likeness (QED) is 0.374. The summed E-state index contributed by atoms with van der Waals surface area (Å²) in [4.78, 5) is 16.4. The average Bonchev–Trinajstić information content (AvgIpc) is 3.02. The van der Waals surface area contributed by atoms with Crippen molar-refractivity contribution in [2.75, 3.05) is 16.8 Å². The zero-order valence-electron chi connectivity index (χ0n) is 20.9. The number of fused-ring (bicyclic) bond motifs is 1. The van der Waals surface area contributed by atoms with Crippen molar-refractivity contribution in [3.8, 4) is 5.75 Å². The second-order valence-corrected chi connectivity index (χ2v) is 12.0. The maximum Gasteiger partial charge on any atom is 0.246 e. The Morgan fingerprint density at radius 2 is 1.47 bits per heavy atom. The summed E-state index contributed by atoms with van der Waals surface area (Å²) in [6.07, 6.45) is 0. The minimum Gasteiger partial charge on any atom is -0.508 e. The van der Waals surface area contributed by atoms with Crippen LogP contribution in [0.3, 0.4) is 0 Å². The fourth-order valence-electron chi connectivity index (χ4n) is 4.98. The van der Waals surface area contributed by atoms with Crippen LogP contribution in [-0.2, 0) is 21.0 Å². The monoisotopic (exact) mass is 519 g/mol. The summed E-state index contributed by atoms with van der Waals surface area (Å²) >= 11 is 3.54. The molecule has 4 heteroatoms. The molecule has 4 rings (SSSR count). The van der Waals surface area contributed by atoms with Gasteiger partial charge in [-0.05, 0) is 45.7 Å². The number of rotatable bonds is 4. The van der Waals surface area contributed by atoms with E-state index >= 15 is 0 Å². The van der Waals surface area contributed by atoms with Crippen molar-refractivity contribution in [3.05, 3.63) is 94.5 Å². The molecule has 178 valence electrons. The molecule has 0 saturated heterocycles. The van der Waals surface area contributed by atoms with Gasteiger partial charge in [-0.15, -0.1) is 0 Å². The number of nitrogens with zero attached hydrogens (tertiary/aromatic N) is 1. The van der Waals surface area contributed by atoms with Gasteiger partial charge in [0.05, 0.1) is 0 Å². The molecule has 3 aromatic rings. The van der Waals surface area contributed by atoms with Crippen molar-refractivity contribution < 1.29 is 9.90 Å². The van der Waals surface area contributed by atoms with Gasteiger partial charge in [-0.25, -0.2) is 0 Å². The predicted octanol–water partition coefficient (Wildman–Crippen LogP) is 7.06. The normalized spacial score (nSPS) is 18.3. The standard InChI is InChI=1S/C30H34BrNO2/c1-28(2,3)20-10-9-11-22(18-20)30(24-19-21(29(4,5)6)14-15-26(24)33)23-12-7-8-13-25(23)32(17-16-31)27(30)34/h7-15,18-19,33H,16-17H2,1-6H3. The number of anilines is 1. The molecular formula is C30H34BrNO2. The van der Waals surface area contributed by atoms with Crippen LogP contribution < -0.4 is 4.90 Å². The van der Waals surface area contributed by atoms with Crippen LogP contribution in [0.2, 0.25) is 0 Å². The van der Waals surface area contributed by atoms with E-state index in [0.717, 1.165) is 27.9 Å². The fourth-order valence-corrected chi connectivity index (χ4v) is 5.33. The number of phenolic OH excluding ortho intramolecular Hbond substituents is 1. The third kappa shape index (κ3) is 3.86. The summed E-state index contributed by atoms with van der Waals surface area (Å²) in [6.45, 7) is 13.5. The van der Waals surface area contributed by atoms with Gasteiger partial charge in [-0.2, -0.15) is 0 Å². The molecule has 34 heavy (non-hydrogen) atoms. The van der Waals surface area contributed by atoms with Crippen molar-refractivity contribution in [1.82, 2.24) is 0 Å². The van der Waals surface area contributed by atoms with Gasteiger partial charge in [0.25, 0.3) is 0 Å². The lowest BCUT2D eigenvalue weighted by Gasteiger charge is -2.33. The van der Waals surface area contributed by atoms with Gasteiger partial charge in [0.2, 0.25) is 5.91 Å². The van der Waals surface area contributed by atoms with E-state index in [1.807, 2.05) is 53.4 Å². The van der Waals surface area contributed by atoms with Crippen LogP contribution in [0.5, 0.6) is 5.75 Å². The lowest BCUT2D eigenvalue weighted by Crippen LogP contribution is -2.43. The Labute approximate surface area is 212 Å². The molecule has 1 unspecified atom stereocenters. The van der Waals surface area contributed by atoms with Crippen LogP contribution >= 0.6 is 15.9 Å². The molecule has 0 bridgehead atoms. The average molecular weight is 521 g/mol. The molecule has 1 amide bonds. The molecule has 1 atom stereocenters. The topological polar surface area (TPSA) is 40.5 Å². The largest absolute Gasteiger partial charge is 0.508 e. The molecule has 0 saturated carbocycles. The van der Waals surface area contributed by atoms with Gasteiger partial charge in [0.15, 0.2) is 0 Å². The van der Waals surface area contributed by atoms with E-state index < -0.39 is 5.41 Å². The van der Waals surface area contributed by atoms with Crippen molar-refractivity contribution >= 4 is 27.5 Å². The van der Waals surface area contributed by atoms with Crippen LogP contribution in [-0.4, -0.2) is 22.9 Å². The molecule has 0 radical (unpaired) electrons. The first-order chi connectivity index (χ1) is 15.9. The van der Waals surface area contributed by atoms with Crippen LogP contribution in [0.4, 0.5) is 5.69 Å². The number of hydrogen-bond acceptors (Lipinski definition) is 2. The second kappa shape index (κ2) is 8.57.